The lowest BCUT2D eigenvalue weighted by Gasteiger charge is -2.32. The van der Waals surface area contributed by atoms with Crippen molar-refractivity contribution in [3.63, 3.8) is 0 Å². The lowest BCUT2D eigenvalue weighted by atomic mass is 9.75. The molecule has 0 unspecified atom stereocenters. The summed E-state index contributed by atoms with van der Waals surface area (Å²) in [4.78, 5) is 0. The Balaban J connectivity index is 3.38. The summed E-state index contributed by atoms with van der Waals surface area (Å²) in [6.45, 7) is 23.1. The molecule has 0 atom stereocenters. The molecule has 1 aliphatic heterocycles. The fourth-order valence-corrected chi connectivity index (χ4v) is 5.19. The zero-order chi connectivity index (χ0) is 19.0. The highest BCUT2D eigenvalue weighted by Crippen LogP contribution is 2.40. The molecular weight excluding hydrogens is 331 g/mol. The summed E-state index contributed by atoms with van der Waals surface area (Å²) in [7, 11) is -1.41. The molecule has 0 spiro atoms. The highest BCUT2D eigenvalue weighted by Gasteiger charge is 2.53. The maximum Gasteiger partial charge on any atom is 0.494 e. The van der Waals surface area contributed by atoms with Crippen molar-refractivity contribution in [1.82, 2.24) is 0 Å². The standard InChI is InChI=1S/C18H37BO3Si2/c1-17(2)18(3,4)22-19(21-17)16(14-24(9,10)11)15(12-20-5)13-23(6,7)8/h13-14H,12H2,1-11H3/b15-13+,16-14-. The molecule has 0 aromatic carbocycles. The van der Waals surface area contributed by atoms with Crippen molar-refractivity contribution in [2.24, 2.45) is 0 Å². The quantitative estimate of drug-likeness (QED) is 0.494. The predicted molar refractivity (Wildman–Crippen MR) is 111 cm³/mol. The van der Waals surface area contributed by atoms with Gasteiger partial charge >= 0.3 is 7.12 Å². The van der Waals surface area contributed by atoms with E-state index in [1.165, 1.54) is 11.0 Å². The van der Waals surface area contributed by atoms with Crippen LogP contribution in [-0.4, -0.2) is 48.2 Å². The summed E-state index contributed by atoms with van der Waals surface area (Å²) in [6.07, 6.45) is 0. The van der Waals surface area contributed by atoms with Crippen LogP contribution >= 0.6 is 0 Å². The number of hydrogen-bond donors (Lipinski definition) is 0. The summed E-state index contributed by atoms with van der Waals surface area (Å²) >= 11 is 0. The number of rotatable bonds is 6. The van der Waals surface area contributed by atoms with Crippen LogP contribution in [0.15, 0.2) is 22.4 Å². The maximum atomic E-state index is 6.36. The first kappa shape index (κ1) is 21.9. The monoisotopic (exact) mass is 368 g/mol. The van der Waals surface area contributed by atoms with Gasteiger partial charge in [0.15, 0.2) is 0 Å². The topological polar surface area (TPSA) is 27.7 Å². The Kier molecular flexibility index (Phi) is 6.60. The second-order valence-corrected chi connectivity index (χ2v) is 20.1. The Labute approximate surface area is 152 Å². The molecule has 1 heterocycles. The first-order chi connectivity index (χ1) is 10.6. The van der Waals surface area contributed by atoms with Crippen LogP contribution in [0, 0.1) is 0 Å². The van der Waals surface area contributed by atoms with E-state index in [4.69, 9.17) is 14.0 Å². The highest BCUT2D eigenvalue weighted by molar-refractivity contribution is 6.83. The van der Waals surface area contributed by atoms with Crippen molar-refractivity contribution in [2.45, 2.75) is 78.2 Å². The smallest absolute Gasteiger partial charge is 0.399 e. The van der Waals surface area contributed by atoms with Crippen molar-refractivity contribution >= 4 is 23.3 Å². The zero-order valence-corrected chi connectivity index (χ0v) is 19.7. The molecule has 0 radical (unpaired) electrons. The third-order valence-corrected chi connectivity index (χ3v) is 6.77. The molecular formula is C18H37BO3Si2. The molecule has 1 fully saturated rings. The van der Waals surface area contributed by atoms with Crippen LogP contribution in [0.25, 0.3) is 0 Å². The van der Waals surface area contributed by atoms with E-state index >= 15 is 0 Å². The van der Waals surface area contributed by atoms with Crippen molar-refractivity contribution in [2.75, 3.05) is 13.7 Å². The average molecular weight is 368 g/mol. The molecule has 0 bridgehead atoms. The van der Waals surface area contributed by atoms with Gasteiger partial charge in [-0.25, -0.2) is 0 Å². The number of hydrogen-bond acceptors (Lipinski definition) is 3. The molecule has 6 heteroatoms. The second kappa shape index (κ2) is 7.23. The normalized spacial score (nSPS) is 22.2. The largest absolute Gasteiger partial charge is 0.494 e. The van der Waals surface area contributed by atoms with Gasteiger partial charge in [-0.05, 0) is 38.7 Å². The van der Waals surface area contributed by atoms with Gasteiger partial charge in [-0.1, -0.05) is 50.7 Å². The second-order valence-electron chi connectivity index (χ2n) is 10.0. The summed E-state index contributed by atoms with van der Waals surface area (Å²) in [5.41, 5.74) is 6.60. The molecule has 0 amide bonds. The maximum absolute atomic E-state index is 6.36. The predicted octanol–water partition coefficient (Wildman–Crippen LogP) is 4.87. The fraction of sp³-hybridized carbons (Fsp3) is 0.778. The molecule has 24 heavy (non-hydrogen) atoms. The SMILES string of the molecule is COCC(=C\[Si](C)(C)C)/C(=C/[Si](C)(C)C)B1OC(C)(C)C(C)(C)O1. The molecule has 0 aliphatic carbocycles. The van der Waals surface area contributed by atoms with Crippen LogP contribution < -0.4 is 0 Å². The van der Waals surface area contributed by atoms with Crippen LogP contribution in [0.3, 0.4) is 0 Å². The van der Waals surface area contributed by atoms with Gasteiger partial charge in [0, 0.05) is 7.11 Å². The van der Waals surface area contributed by atoms with Gasteiger partial charge in [-0.2, -0.15) is 0 Å². The first-order valence-electron chi connectivity index (χ1n) is 8.87. The van der Waals surface area contributed by atoms with Crippen LogP contribution in [0.5, 0.6) is 0 Å². The Morgan fingerprint density at radius 1 is 0.875 bits per heavy atom. The molecule has 0 aromatic heterocycles. The van der Waals surface area contributed by atoms with E-state index in [9.17, 15) is 0 Å². The number of methoxy groups -OCH3 is 1. The van der Waals surface area contributed by atoms with Gasteiger partial charge in [0.05, 0.1) is 34.0 Å². The lowest BCUT2D eigenvalue weighted by molar-refractivity contribution is 0.00578. The van der Waals surface area contributed by atoms with Crippen LogP contribution in [0.4, 0.5) is 0 Å². The molecule has 1 aliphatic rings. The minimum atomic E-state index is -1.45. The Bertz CT molecular complexity index is 495. The van der Waals surface area contributed by atoms with Crippen LogP contribution in [0.1, 0.15) is 27.7 Å². The van der Waals surface area contributed by atoms with Gasteiger partial charge in [0.1, 0.15) is 0 Å². The van der Waals surface area contributed by atoms with E-state index in [-0.39, 0.29) is 18.3 Å². The highest BCUT2D eigenvalue weighted by atomic mass is 28.3. The third kappa shape index (κ3) is 5.99. The van der Waals surface area contributed by atoms with Crippen molar-refractivity contribution in [3.8, 4) is 0 Å². The third-order valence-electron chi connectivity index (χ3n) is 4.37. The summed E-state index contributed by atoms with van der Waals surface area (Å²) in [6, 6.07) is 0. The summed E-state index contributed by atoms with van der Waals surface area (Å²) < 4.78 is 18.3. The van der Waals surface area contributed by atoms with Gasteiger partial charge in [0.25, 0.3) is 0 Å². The Morgan fingerprint density at radius 3 is 1.62 bits per heavy atom. The van der Waals surface area contributed by atoms with E-state index in [1.54, 1.807) is 7.11 Å². The average Bonchev–Trinajstić information content (AvgIpc) is 2.52. The van der Waals surface area contributed by atoms with Crippen LogP contribution in [0.2, 0.25) is 39.3 Å². The van der Waals surface area contributed by atoms with E-state index in [1.807, 2.05) is 0 Å². The molecule has 0 saturated carbocycles. The first-order valence-corrected chi connectivity index (χ1v) is 16.0. The minimum absolute atomic E-state index is 0.320. The lowest BCUT2D eigenvalue weighted by Crippen LogP contribution is -2.41. The van der Waals surface area contributed by atoms with E-state index < -0.39 is 16.1 Å². The van der Waals surface area contributed by atoms with E-state index in [0.717, 1.165) is 0 Å². The fourth-order valence-electron chi connectivity index (χ4n) is 2.64. The Hall–Kier alpha value is -0.141. The summed E-state index contributed by atoms with van der Waals surface area (Å²) in [5.74, 6) is 0. The zero-order valence-electron chi connectivity index (χ0n) is 17.7. The molecule has 138 valence electrons. The van der Waals surface area contributed by atoms with E-state index in [0.29, 0.717) is 6.61 Å². The molecule has 0 aromatic rings. The van der Waals surface area contributed by atoms with E-state index in [2.05, 4.69) is 78.4 Å². The van der Waals surface area contributed by atoms with Gasteiger partial charge in [-0.15, -0.1) is 0 Å². The molecule has 0 N–H and O–H groups in total. The number of ether oxygens (including phenoxy) is 1. The molecule has 1 rings (SSSR count). The van der Waals surface area contributed by atoms with Crippen molar-refractivity contribution in [1.29, 1.82) is 0 Å². The minimum Gasteiger partial charge on any atom is -0.399 e. The van der Waals surface area contributed by atoms with Crippen molar-refractivity contribution < 1.29 is 14.0 Å². The summed E-state index contributed by atoms with van der Waals surface area (Å²) in [5, 5.41) is 0. The Morgan fingerprint density at radius 2 is 1.29 bits per heavy atom. The molecule has 1 saturated heterocycles. The van der Waals surface area contributed by atoms with Gasteiger partial charge in [0.2, 0.25) is 0 Å². The van der Waals surface area contributed by atoms with Gasteiger partial charge < -0.3 is 14.0 Å². The van der Waals surface area contributed by atoms with Crippen molar-refractivity contribution in [3.05, 3.63) is 22.4 Å². The van der Waals surface area contributed by atoms with Crippen LogP contribution in [-0.2, 0) is 14.0 Å². The van der Waals surface area contributed by atoms with Gasteiger partial charge in [-0.3, -0.25) is 0 Å². The molecule has 3 nitrogen and oxygen atoms in total.